The summed E-state index contributed by atoms with van der Waals surface area (Å²) in [6, 6.07) is 8.14. The van der Waals surface area contributed by atoms with E-state index in [1.807, 2.05) is 12.1 Å². The Hall–Kier alpha value is -2.54. The standard InChI is InChI=1S/C21H28N4O2S/c1-3-19-18(20(4-2)27-25-19)15-24-21(22-11-9-16-7-5-13-26-16)23-12-10-17-8-6-14-28-17/h5-8,13-14H,3-4,9-12,15H2,1-2H3,(H2,22,23,24). The third kappa shape index (κ3) is 5.73. The maximum absolute atomic E-state index is 5.46. The first-order valence-electron chi connectivity index (χ1n) is 9.83. The monoisotopic (exact) mass is 400 g/mol. The van der Waals surface area contributed by atoms with E-state index < -0.39 is 0 Å². The highest BCUT2D eigenvalue weighted by Crippen LogP contribution is 2.16. The van der Waals surface area contributed by atoms with E-state index in [1.54, 1.807) is 17.6 Å². The number of rotatable bonds is 10. The number of hydrogen-bond acceptors (Lipinski definition) is 5. The summed E-state index contributed by atoms with van der Waals surface area (Å²) in [5.74, 6) is 2.69. The number of aryl methyl sites for hydroxylation is 2. The van der Waals surface area contributed by atoms with E-state index >= 15 is 0 Å². The first-order valence-corrected chi connectivity index (χ1v) is 10.7. The van der Waals surface area contributed by atoms with Crippen LogP contribution in [0.5, 0.6) is 0 Å². The minimum Gasteiger partial charge on any atom is -0.469 e. The quantitative estimate of drug-likeness (QED) is 0.398. The molecule has 0 radical (unpaired) electrons. The number of aliphatic imine (C=N–C) groups is 1. The van der Waals surface area contributed by atoms with Crippen molar-refractivity contribution in [3.05, 3.63) is 63.6 Å². The van der Waals surface area contributed by atoms with Gasteiger partial charge in [-0.25, -0.2) is 4.99 Å². The third-order valence-corrected chi connectivity index (χ3v) is 5.43. The molecular weight excluding hydrogens is 372 g/mol. The molecule has 0 saturated carbocycles. The van der Waals surface area contributed by atoms with E-state index in [4.69, 9.17) is 13.9 Å². The Labute approximate surface area is 170 Å². The highest BCUT2D eigenvalue weighted by Gasteiger charge is 2.13. The van der Waals surface area contributed by atoms with E-state index in [0.29, 0.717) is 6.54 Å². The summed E-state index contributed by atoms with van der Waals surface area (Å²) in [5, 5.41) is 13.1. The van der Waals surface area contributed by atoms with Gasteiger partial charge in [0.25, 0.3) is 0 Å². The summed E-state index contributed by atoms with van der Waals surface area (Å²) in [6.45, 7) is 6.31. The lowest BCUT2D eigenvalue weighted by molar-refractivity contribution is 0.380. The first kappa shape index (κ1) is 20.2. The summed E-state index contributed by atoms with van der Waals surface area (Å²) in [7, 11) is 0. The Morgan fingerprint density at radius 2 is 1.96 bits per heavy atom. The minimum absolute atomic E-state index is 0.560. The van der Waals surface area contributed by atoms with Crippen molar-refractivity contribution < 1.29 is 8.94 Å². The van der Waals surface area contributed by atoms with Crippen LogP contribution in [0.25, 0.3) is 0 Å². The van der Waals surface area contributed by atoms with Crippen molar-refractivity contribution in [2.24, 2.45) is 4.99 Å². The summed E-state index contributed by atoms with van der Waals surface area (Å²) in [6.07, 6.45) is 5.16. The predicted octanol–water partition coefficient (Wildman–Crippen LogP) is 3.97. The molecule has 0 bridgehead atoms. The lowest BCUT2D eigenvalue weighted by Gasteiger charge is -2.12. The lowest BCUT2D eigenvalue weighted by Crippen LogP contribution is -2.39. The molecule has 0 aliphatic rings. The van der Waals surface area contributed by atoms with Crippen LogP contribution >= 0.6 is 11.3 Å². The molecule has 3 rings (SSSR count). The molecule has 0 spiro atoms. The fourth-order valence-electron chi connectivity index (χ4n) is 2.97. The van der Waals surface area contributed by atoms with Gasteiger partial charge in [0.15, 0.2) is 5.96 Å². The minimum atomic E-state index is 0.560. The maximum atomic E-state index is 5.46. The van der Waals surface area contributed by atoms with E-state index in [2.05, 4.69) is 47.2 Å². The second-order valence-electron chi connectivity index (χ2n) is 6.42. The molecule has 28 heavy (non-hydrogen) atoms. The van der Waals surface area contributed by atoms with E-state index in [-0.39, 0.29) is 0 Å². The van der Waals surface area contributed by atoms with Crippen molar-refractivity contribution in [1.29, 1.82) is 0 Å². The van der Waals surface area contributed by atoms with Crippen LogP contribution in [0.3, 0.4) is 0 Å². The zero-order valence-corrected chi connectivity index (χ0v) is 17.3. The van der Waals surface area contributed by atoms with E-state index in [1.165, 1.54) is 4.88 Å². The highest BCUT2D eigenvalue weighted by atomic mass is 32.1. The topological polar surface area (TPSA) is 75.6 Å². The van der Waals surface area contributed by atoms with Gasteiger partial charge in [0.05, 0.1) is 18.5 Å². The second kappa shape index (κ2) is 10.7. The molecule has 150 valence electrons. The van der Waals surface area contributed by atoms with Gasteiger partial charge in [0.1, 0.15) is 11.5 Å². The number of nitrogens with zero attached hydrogens (tertiary/aromatic N) is 2. The molecule has 6 nitrogen and oxygen atoms in total. The molecule has 0 fully saturated rings. The smallest absolute Gasteiger partial charge is 0.191 e. The zero-order valence-electron chi connectivity index (χ0n) is 16.5. The van der Waals surface area contributed by atoms with Gasteiger partial charge in [-0.2, -0.15) is 0 Å². The molecule has 7 heteroatoms. The van der Waals surface area contributed by atoms with Gasteiger partial charge in [0.2, 0.25) is 0 Å². The summed E-state index contributed by atoms with van der Waals surface area (Å²) < 4.78 is 10.9. The largest absolute Gasteiger partial charge is 0.469 e. The van der Waals surface area contributed by atoms with Crippen LogP contribution in [0.4, 0.5) is 0 Å². The predicted molar refractivity (Wildman–Crippen MR) is 113 cm³/mol. The maximum Gasteiger partial charge on any atom is 0.191 e. The van der Waals surface area contributed by atoms with Crippen molar-refractivity contribution in [3.8, 4) is 0 Å². The first-order chi connectivity index (χ1) is 13.8. The number of hydrogen-bond donors (Lipinski definition) is 2. The Kier molecular flexibility index (Phi) is 7.72. The number of nitrogens with one attached hydrogen (secondary N) is 2. The van der Waals surface area contributed by atoms with Crippen molar-refractivity contribution in [1.82, 2.24) is 15.8 Å². The molecule has 0 unspecified atom stereocenters. The SMILES string of the molecule is CCc1noc(CC)c1CN=C(NCCc1ccco1)NCCc1cccs1. The van der Waals surface area contributed by atoms with E-state index in [9.17, 15) is 0 Å². The molecule has 0 saturated heterocycles. The van der Waals surface area contributed by atoms with Crippen LogP contribution < -0.4 is 10.6 Å². The van der Waals surface area contributed by atoms with Crippen LogP contribution in [0, 0.1) is 0 Å². The van der Waals surface area contributed by atoms with Gasteiger partial charge in [-0.15, -0.1) is 11.3 Å². The molecule has 0 atom stereocenters. The Bertz CT molecular complexity index is 774. The van der Waals surface area contributed by atoms with Gasteiger partial charge < -0.3 is 19.6 Å². The van der Waals surface area contributed by atoms with Crippen molar-refractivity contribution in [3.63, 3.8) is 0 Å². The van der Waals surface area contributed by atoms with Crippen LogP contribution in [0.15, 0.2) is 49.8 Å². The average Bonchev–Trinajstić information content (AvgIpc) is 3.46. The Morgan fingerprint density at radius 3 is 2.64 bits per heavy atom. The normalized spacial score (nSPS) is 11.7. The number of guanidine groups is 1. The number of thiophene rings is 1. The van der Waals surface area contributed by atoms with Crippen LogP contribution in [0.1, 0.15) is 41.5 Å². The number of furan rings is 1. The van der Waals surface area contributed by atoms with Crippen molar-refractivity contribution in [2.75, 3.05) is 13.1 Å². The summed E-state index contributed by atoms with van der Waals surface area (Å²) in [4.78, 5) is 6.15. The van der Waals surface area contributed by atoms with Crippen LogP contribution in [-0.4, -0.2) is 24.2 Å². The summed E-state index contributed by atoms with van der Waals surface area (Å²) >= 11 is 1.78. The van der Waals surface area contributed by atoms with Gasteiger partial charge in [0, 0.05) is 36.4 Å². The van der Waals surface area contributed by atoms with Crippen LogP contribution in [-0.2, 0) is 32.2 Å². The summed E-state index contributed by atoms with van der Waals surface area (Å²) in [5.41, 5.74) is 2.10. The molecule has 3 aromatic rings. The molecule has 3 aromatic heterocycles. The molecule has 0 aliphatic carbocycles. The van der Waals surface area contributed by atoms with Crippen molar-refractivity contribution >= 4 is 17.3 Å². The lowest BCUT2D eigenvalue weighted by atomic mass is 10.1. The molecule has 0 amide bonds. The Balaban J connectivity index is 1.61. The van der Waals surface area contributed by atoms with Crippen LogP contribution in [0.2, 0.25) is 0 Å². The molecule has 0 aliphatic heterocycles. The fraction of sp³-hybridized carbons (Fsp3) is 0.429. The van der Waals surface area contributed by atoms with Crippen molar-refractivity contribution in [2.45, 2.75) is 46.1 Å². The average molecular weight is 401 g/mol. The van der Waals surface area contributed by atoms with Gasteiger partial charge in [-0.3, -0.25) is 0 Å². The fourth-order valence-corrected chi connectivity index (χ4v) is 3.68. The van der Waals surface area contributed by atoms with E-state index in [0.717, 1.165) is 67.5 Å². The Morgan fingerprint density at radius 1 is 1.11 bits per heavy atom. The second-order valence-corrected chi connectivity index (χ2v) is 7.45. The third-order valence-electron chi connectivity index (χ3n) is 4.49. The highest BCUT2D eigenvalue weighted by molar-refractivity contribution is 7.09. The van der Waals surface area contributed by atoms with Gasteiger partial charge in [-0.05, 0) is 36.4 Å². The van der Waals surface area contributed by atoms with Gasteiger partial charge >= 0.3 is 0 Å². The van der Waals surface area contributed by atoms with Gasteiger partial charge in [-0.1, -0.05) is 25.1 Å². The molecule has 0 aromatic carbocycles. The molecule has 3 heterocycles. The zero-order chi connectivity index (χ0) is 19.6. The number of aromatic nitrogens is 1. The molecule has 2 N–H and O–H groups in total. The molecular formula is C21H28N4O2S.